The Morgan fingerprint density at radius 3 is 2.65 bits per heavy atom. The van der Waals surface area contributed by atoms with Gasteiger partial charge in [0.15, 0.2) is 0 Å². The zero-order chi connectivity index (χ0) is 14.5. The summed E-state index contributed by atoms with van der Waals surface area (Å²) in [5.41, 5.74) is 1.76. The number of nitrogens with zero attached hydrogens (tertiary/aromatic N) is 1. The summed E-state index contributed by atoms with van der Waals surface area (Å²) in [5.74, 6) is 5.78. The molecule has 0 atom stereocenters. The van der Waals surface area contributed by atoms with Crippen molar-refractivity contribution in [3.05, 3.63) is 53.3 Å². The van der Waals surface area contributed by atoms with E-state index in [9.17, 15) is 4.79 Å². The van der Waals surface area contributed by atoms with Gasteiger partial charge in [-0.25, -0.2) is 4.79 Å². The number of aryl methyl sites for hydroxylation is 1. The molecule has 0 fully saturated rings. The Balaban J connectivity index is 2.30. The summed E-state index contributed by atoms with van der Waals surface area (Å²) < 4.78 is 6.79. The van der Waals surface area contributed by atoms with Gasteiger partial charge in [-0.2, -0.15) is 0 Å². The maximum atomic E-state index is 11.1. The first-order chi connectivity index (χ1) is 9.63. The van der Waals surface area contributed by atoms with Crippen LogP contribution in [-0.2, 0) is 6.54 Å². The molecule has 0 aliphatic heterocycles. The van der Waals surface area contributed by atoms with Gasteiger partial charge in [-0.3, -0.25) is 0 Å². The number of ether oxygens (including phenoxy) is 1. The third kappa shape index (κ3) is 3.01. The average Bonchev–Trinajstić information content (AvgIpc) is 2.89. The Morgan fingerprint density at radius 2 is 2.05 bits per heavy atom. The van der Waals surface area contributed by atoms with Crippen LogP contribution < -0.4 is 4.74 Å². The number of rotatable bonds is 3. The van der Waals surface area contributed by atoms with E-state index in [1.54, 1.807) is 23.9 Å². The predicted molar refractivity (Wildman–Crippen MR) is 76.0 cm³/mol. The van der Waals surface area contributed by atoms with Gasteiger partial charge in [0.05, 0.1) is 7.11 Å². The average molecular weight is 269 g/mol. The zero-order valence-electron chi connectivity index (χ0n) is 11.4. The molecule has 0 aliphatic carbocycles. The summed E-state index contributed by atoms with van der Waals surface area (Å²) in [7, 11) is 1.60. The lowest BCUT2D eigenvalue weighted by atomic mass is 10.2. The molecular weight excluding hydrogens is 254 g/mol. The van der Waals surface area contributed by atoms with Crippen LogP contribution in [0.5, 0.6) is 5.75 Å². The van der Waals surface area contributed by atoms with Crippen LogP contribution >= 0.6 is 0 Å². The highest BCUT2D eigenvalue weighted by Crippen LogP contribution is 2.12. The van der Waals surface area contributed by atoms with Crippen molar-refractivity contribution in [3.8, 4) is 17.6 Å². The topological polar surface area (TPSA) is 51.5 Å². The summed E-state index contributed by atoms with van der Waals surface area (Å²) >= 11 is 0. The lowest BCUT2D eigenvalue weighted by Gasteiger charge is -1.99. The molecule has 4 nitrogen and oxygen atoms in total. The molecule has 0 saturated heterocycles. The molecule has 20 heavy (non-hydrogen) atoms. The first kappa shape index (κ1) is 13.8. The second-order valence-corrected chi connectivity index (χ2v) is 4.19. The second-order valence-electron chi connectivity index (χ2n) is 4.19. The molecule has 102 valence electrons. The molecule has 0 spiro atoms. The van der Waals surface area contributed by atoms with E-state index >= 15 is 0 Å². The maximum absolute atomic E-state index is 11.1. The molecular formula is C16H15NO3. The summed E-state index contributed by atoms with van der Waals surface area (Å²) in [6.45, 7) is 2.49. The lowest BCUT2D eigenvalue weighted by molar-refractivity contribution is 0.0685. The SMILES string of the molecule is CCn1cc(C#Cc2cccc(OC)c2)cc1C(=O)O. The van der Waals surface area contributed by atoms with Crippen LogP contribution in [0.1, 0.15) is 28.5 Å². The van der Waals surface area contributed by atoms with E-state index in [0.717, 1.165) is 11.3 Å². The number of aromatic carboxylic acids is 1. The van der Waals surface area contributed by atoms with Gasteiger partial charge in [0.25, 0.3) is 0 Å². The van der Waals surface area contributed by atoms with Crippen molar-refractivity contribution in [3.63, 3.8) is 0 Å². The van der Waals surface area contributed by atoms with E-state index in [4.69, 9.17) is 9.84 Å². The number of carboxylic acid groups (broad SMARTS) is 1. The minimum atomic E-state index is -0.943. The van der Waals surface area contributed by atoms with Crippen LogP contribution in [-0.4, -0.2) is 22.8 Å². The molecule has 1 aromatic heterocycles. The first-order valence-corrected chi connectivity index (χ1v) is 6.23. The minimum absolute atomic E-state index is 0.252. The second kappa shape index (κ2) is 5.98. The first-order valence-electron chi connectivity index (χ1n) is 6.23. The fourth-order valence-corrected chi connectivity index (χ4v) is 1.86. The molecule has 0 unspecified atom stereocenters. The molecule has 2 aromatic rings. The molecule has 1 aromatic carbocycles. The van der Waals surface area contributed by atoms with Crippen LogP contribution in [0.2, 0.25) is 0 Å². The maximum Gasteiger partial charge on any atom is 0.352 e. The van der Waals surface area contributed by atoms with Gasteiger partial charge in [0.1, 0.15) is 11.4 Å². The fraction of sp³-hybridized carbons (Fsp3) is 0.188. The minimum Gasteiger partial charge on any atom is -0.497 e. The van der Waals surface area contributed by atoms with Crippen molar-refractivity contribution in [2.24, 2.45) is 0 Å². The Kier molecular flexibility index (Phi) is 4.11. The van der Waals surface area contributed by atoms with Crippen LogP contribution in [0.3, 0.4) is 0 Å². The highest BCUT2D eigenvalue weighted by atomic mass is 16.5. The number of benzene rings is 1. The third-order valence-electron chi connectivity index (χ3n) is 2.88. The van der Waals surface area contributed by atoms with E-state index in [1.165, 1.54) is 0 Å². The van der Waals surface area contributed by atoms with Gasteiger partial charge < -0.3 is 14.4 Å². The molecule has 1 N–H and O–H groups in total. The van der Waals surface area contributed by atoms with Crippen molar-refractivity contribution in [2.45, 2.75) is 13.5 Å². The van der Waals surface area contributed by atoms with Crippen molar-refractivity contribution in [1.29, 1.82) is 0 Å². The van der Waals surface area contributed by atoms with E-state index < -0.39 is 5.97 Å². The summed E-state index contributed by atoms with van der Waals surface area (Å²) in [4.78, 5) is 11.1. The Bertz CT molecular complexity index is 689. The normalized spacial score (nSPS) is 9.70. The smallest absolute Gasteiger partial charge is 0.352 e. The molecule has 2 rings (SSSR count). The lowest BCUT2D eigenvalue weighted by Crippen LogP contribution is -2.05. The van der Waals surface area contributed by atoms with Gasteiger partial charge in [-0.05, 0) is 31.2 Å². The van der Waals surface area contributed by atoms with Crippen molar-refractivity contribution in [2.75, 3.05) is 7.11 Å². The predicted octanol–water partition coefficient (Wildman–Crippen LogP) is 2.61. The summed E-state index contributed by atoms with van der Waals surface area (Å²) in [5, 5.41) is 9.08. The number of hydrogen-bond acceptors (Lipinski definition) is 2. The van der Waals surface area contributed by atoms with Crippen LogP contribution in [0.4, 0.5) is 0 Å². The highest BCUT2D eigenvalue weighted by molar-refractivity contribution is 5.86. The highest BCUT2D eigenvalue weighted by Gasteiger charge is 2.09. The van der Waals surface area contributed by atoms with Crippen molar-refractivity contribution < 1.29 is 14.6 Å². The van der Waals surface area contributed by atoms with Crippen LogP contribution in [0, 0.1) is 11.8 Å². The third-order valence-corrected chi connectivity index (χ3v) is 2.88. The molecule has 0 amide bonds. The Morgan fingerprint density at radius 1 is 1.30 bits per heavy atom. The number of carbonyl (C=O) groups is 1. The standard InChI is InChI=1S/C16H15NO3/c1-3-17-11-13(10-15(17)16(18)19)8-7-12-5-4-6-14(9-12)20-2/h4-6,9-11H,3H2,1-2H3,(H,18,19). The molecule has 1 heterocycles. The number of aromatic nitrogens is 1. The molecule has 0 saturated carbocycles. The number of carboxylic acids is 1. The monoisotopic (exact) mass is 269 g/mol. The summed E-state index contributed by atoms with van der Waals surface area (Å²) in [6, 6.07) is 9.01. The molecule has 0 bridgehead atoms. The van der Waals surface area contributed by atoms with Gasteiger partial charge in [0, 0.05) is 23.9 Å². The Labute approximate surface area is 117 Å². The number of methoxy groups -OCH3 is 1. The summed E-state index contributed by atoms with van der Waals surface area (Å²) in [6.07, 6.45) is 1.75. The van der Waals surface area contributed by atoms with Crippen molar-refractivity contribution >= 4 is 5.97 Å². The molecule has 0 aliphatic rings. The van der Waals surface area contributed by atoms with Gasteiger partial charge >= 0.3 is 5.97 Å². The van der Waals surface area contributed by atoms with Crippen molar-refractivity contribution in [1.82, 2.24) is 4.57 Å². The van der Waals surface area contributed by atoms with E-state index in [0.29, 0.717) is 12.1 Å². The quantitative estimate of drug-likeness (QED) is 0.871. The number of hydrogen-bond donors (Lipinski definition) is 1. The van der Waals surface area contributed by atoms with Gasteiger partial charge in [-0.15, -0.1) is 0 Å². The largest absolute Gasteiger partial charge is 0.497 e. The van der Waals surface area contributed by atoms with Crippen LogP contribution in [0.15, 0.2) is 36.5 Å². The van der Waals surface area contributed by atoms with Gasteiger partial charge in [-0.1, -0.05) is 17.9 Å². The molecule has 4 heteroatoms. The van der Waals surface area contributed by atoms with E-state index in [1.807, 2.05) is 31.2 Å². The molecule has 0 radical (unpaired) electrons. The fourth-order valence-electron chi connectivity index (χ4n) is 1.86. The van der Waals surface area contributed by atoms with E-state index in [2.05, 4.69) is 11.8 Å². The zero-order valence-corrected chi connectivity index (χ0v) is 11.4. The Hall–Kier alpha value is -2.67. The van der Waals surface area contributed by atoms with Crippen LogP contribution in [0.25, 0.3) is 0 Å². The van der Waals surface area contributed by atoms with Gasteiger partial charge in [0.2, 0.25) is 0 Å². The van der Waals surface area contributed by atoms with E-state index in [-0.39, 0.29) is 5.69 Å².